The summed E-state index contributed by atoms with van der Waals surface area (Å²) in [7, 11) is 1.69. The highest BCUT2D eigenvalue weighted by molar-refractivity contribution is 5.46. The second-order valence-electron chi connectivity index (χ2n) is 6.20. The molecule has 7 heteroatoms. The van der Waals surface area contributed by atoms with Crippen LogP contribution in [0.2, 0.25) is 0 Å². The molecular formula is C19H27N5O2. The summed E-state index contributed by atoms with van der Waals surface area (Å²) in [4.78, 5) is 11.0. The van der Waals surface area contributed by atoms with E-state index in [1.807, 2.05) is 18.2 Å². The summed E-state index contributed by atoms with van der Waals surface area (Å²) in [5.74, 6) is 2.56. The molecule has 1 aromatic carbocycles. The fourth-order valence-corrected chi connectivity index (χ4v) is 2.88. The predicted octanol–water partition coefficient (Wildman–Crippen LogP) is 1.88. The smallest absolute Gasteiger partial charge is 0.131 e. The highest BCUT2D eigenvalue weighted by Gasteiger charge is 2.09. The zero-order chi connectivity index (χ0) is 18.0. The van der Waals surface area contributed by atoms with E-state index < -0.39 is 0 Å². The van der Waals surface area contributed by atoms with E-state index in [9.17, 15) is 0 Å². The number of morpholine rings is 1. The standard InChI is InChI=1S/C19H27N5O2/c1-25-17-4-2-3-16(13-17)5-6-20-18-14-19(23-15-22-18)21-7-8-24-9-11-26-12-10-24/h2-4,13-15H,5-12H2,1H3,(H2,20,21,22,23). The Hall–Kier alpha value is -2.38. The van der Waals surface area contributed by atoms with Gasteiger partial charge >= 0.3 is 0 Å². The van der Waals surface area contributed by atoms with Crippen molar-refractivity contribution in [3.05, 3.63) is 42.2 Å². The first kappa shape index (κ1) is 18.4. The molecule has 1 aliphatic heterocycles. The molecule has 0 atom stereocenters. The lowest BCUT2D eigenvalue weighted by Gasteiger charge is -2.26. The summed E-state index contributed by atoms with van der Waals surface area (Å²) in [6, 6.07) is 10.1. The maximum atomic E-state index is 5.36. The molecule has 0 saturated carbocycles. The first-order valence-corrected chi connectivity index (χ1v) is 9.06. The van der Waals surface area contributed by atoms with Crippen molar-refractivity contribution < 1.29 is 9.47 Å². The van der Waals surface area contributed by atoms with Gasteiger partial charge in [0.1, 0.15) is 23.7 Å². The van der Waals surface area contributed by atoms with Crippen molar-refractivity contribution in [3.63, 3.8) is 0 Å². The van der Waals surface area contributed by atoms with Crippen molar-refractivity contribution >= 4 is 11.6 Å². The third-order valence-electron chi connectivity index (χ3n) is 4.36. The number of benzene rings is 1. The average Bonchev–Trinajstić information content (AvgIpc) is 2.69. The van der Waals surface area contributed by atoms with Gasteiger partial charge in [-0.15, -0.1) is 0 Å². The van der Waals surface area contributed by atoms with Gasteiger partial charge in [-0.05, 0) is 24.1 Å². The normalized spacial score (nSPS) is 14.8. The molecule has 0 spiro atoms. The summed E-state index contributed by atoms with van der Waals surface area (Å²) in [5, 5.41) is 6.72. The molecule has 1 fully saturated rings. The molecule has 140 valence electrons. The van der Waals surface area contributed by atoms with Crippen LogP contribution in [-0.2, 0) is 11.2 Å². The Kier molecular flexibility index (Phi) is 7.04. The minimum atomic E-state index is 0.803. The fourth-order valence-electron chi connectivity index (χ4n) is 2.88. The Morgan fingerprint density at radius 1 is 1.08 bits per heavy atom. The second-order valence-corrected chi connectivity index (χ2v) is 6.20. The number of rotatable bonds is 9. The molecule has 0 radical (unpaired) electrons. The van der Waals surface area contributed by atoms with Gasteiger partial charge in [0, 0.05) is 38.8 Å². The van der Waals surface area contributed by atoms with Gasteiger partial charge in [-0.2, -0.15) is 0 Å². The minimum absolute atomic E-state index is 0.803. The molecule has 2 heterocycles. The third-order valence-corrected chi connectivity index (χ3v) is 4.36. The summed E-state index contributed by atoms with van der Waals surface area (Å²) in [6.07, 6.45) is 2.49. The summed E-state index contributed by atoms with van der Waals surface area (Å²) >= 11 is 0. The van der Waals surface area contributed by atoms with E-state index in [1.54, 1.807) is 13.4 Å². The van der Waals surface area contributed by atoms with Crippen LogP contribution in [0.4, 0.5) is 11.6 Å². The van der Waals surface area contributed by atoms with E-state index in [-0.39, 0.29) is 0 Å². The third kappa shape index (κ3) is 5.86. The zero-order valence-electron chi connectivity index (χ0n) is 15.3. The Morgan fingerprint density at radius 3 is 2.62 bits per heavy atom. The van der Waals surface area contributed by atoms with Crippen LogP contribution in [0.5, 0.6) is 5.75 Å². The average molecular weight is 357 g/mol. The molecule has 7 nitrogen and oxygen atoms in total. The van der Waals surface area contributed by atoms with Gasteiger partial charge in [0.25, 0.3) is 0 Å². The van der Waals surface area contributed by atoms with Crippen molar-refractivity contribution in [2.24, 2.45) is 0 Å². The number of ether oxygens (including phenoxy) is 2. The Labute approximate surface area is 154 Å². The van der Waals surface area contributed by atoms with Crippen molar-refractivity contribution in [2.45, 2.75) is 6.42 Å². The number of hydrogen-bond acceptors (Lipinski definition) is 7. The number of methoxy groups -OCH3 is 1. The lowest BCUT2D eigenvalue weighted by atomic mass is 10.1. The number of nitrogens with one attached hydrogen (secondary N) is 2. The van der Waals surface area contributed by atoms with Crippen molar-refractivity contribution in [3.8, 4) is 5.75 Å². The zero-order valence-corrected chi connectivity index (χ0v) is 15.3. The molecule has 26 heavy (non-hydrogen) atoms. The molecule has 0 unspecified atom stereocenters. The topological polar surface area (TPSA) is 71.5 Å². The van der Waals surface area contributed by atoms with Crippen molar-refractivity contribution in [2.75, 3.05) is 63.7 Å². The lowest BCUT2D eigenvalue weighted by molar-refractivity contribution is 0.0398. The molecule has 1 aliphatic rings. The molecule has 2 N–H and O–H groups in total. The van der Waals surface area contributed by atoms with Crippen LogP contribution in [0.1, 0.15) is 5.56 Å². The van der Waals surface area contributed by atoms with Crippen LogP contribution in [0, 0.1) is 0 Å². The summed E-state index contributed by atoms with van der Waals surface area (Å²) in [5.41, 5.74) is 1.23. The molecular weight excluding hydrogens is 330 g/mol. The van der Waals surface area contributed by atoms with Crippen LogP contribution in [0.15, 0.2) is 36.7 Å². The Morgan fingerprint density at radius 2 is 1.85 bits per heavy atom. The Bertz CT molecular complexity index is 676. The molecule has 0 bridgehead atoms. The quantitative estimate of drug-likeness (QED) is 0.710. The van der Waals surface area contributed by atoms with Gasteiger partial charge in [0.05, 0.1) is 20.3 Å². The molecule has 2 aromatic rings. The van der Waals surface area contributed by atoms with Crippen LogP contribution in [-0.4, -0.2) is 67.9 Å². The van der Waals surface area contributed by atoms with Crippen LogP contribution < -0.4 is 15.4 Å². The van der Waals surface area contributed by atoms with Crippen LogP contribution in [0.25, 0.3) is 0 Å². The monoisotopic (exact) mass is 357 g/mol. The molecule has 1 aromatic heterocycles. The number of anilines is 2. The first-order valence-electron chi connectivity index (χ1n) is 9.06. The highest BCUT2D eigenvalue weighted by atomic mass is 16.5. The van der Waals surface area contributed by atoms with Gasteiger partial charge in [0.15, 0.2) is 0 Å². The van der Waals surface area contributed by atoms with E-state index in [0.29, 0.717) is 0 Å². The van der Waals surface area contributed by atoms with Crippen LogP contribution >= 0.6 is 0 Å². The Balaban J connectivity index is 1.41. The fraction of sp³-hybridized carbons (Fsp3) is 0.474. The number of hydrogen-bond donors (Lipinski definition) is 2. The second kappa shape index (κ2) is 9.94. The molecule has 0 amide bonds. The molecule has 3 rings (SSSR count). The first-order chi connectivity index (χ1) is 12.8. The summed E-state index contributed by atoms with van der Waals surface area (Å²) in [6.45, 7) is 6.32. The number of aromatic nitrogens is 2. The maximum absolute atomic E-state index is 5.36. The predicted molar refractivity (Wildman–Crippen MR) is 103 cm³/mol. The van der Waals surface area contributed by atoms with Gasteiger partial charge in [0.2, 0.25) is 0 Å². The van der Waals surface area contributed by atoms with E-state index in [4.69, 9.17) is 9.47 Å². The largest absolute Gasteiger partial charge is 0.497 e. The minimum Gasteiger partial charge on any atom is -0.497 e. The van der Waals surface area contributed by atoms with Gasteiger partial charge < -0.3 is 20.1 Å². The SMILES string of the molecule is COc1cccc(CCNc2cc(NCCN3CCOCC3)ncn2)c1. The van der Waals surface area contributed by atoms with Crippen LogP contribution in [0.3, 0.4) is 0 Å². The molecule has 1 saturated heterocycles. The number of nitrogens with zero attached hydrogens (tertiary/aromatic N) is 3. The van der Waals surface area contributed by atoms with E-state index in [0.717, 1.165) is 69.7 Å². The van der Waals surface area contributed by atoms with E-state index in [2.05, 4.69) is 37.6 Å². The lowest BCUT2D eigenvalue weighted by Crippen LogP contribution is -2.39. The van der Waals surface area contributed by atoms with Crippen molar-refractivity contribution in [1.29, 1.82) is 0 Å². The van der Waals surface area contributed by atoms with Gasteiger partial charge in [-0.1, -0.05) is 12.1 Å². The van der Waals surface area contributed by atoms with E-state index in [1.165, 1.54) is 5.56 Å². The maximum Gasteiger partial charge on any atom is 0.131 e. The van der Waals surface area contributed by atoms with Crippen molar-refractivity contribution in [1.82, 2.24) is 14.9 Å². The van der Waals surface area contributed by atoms with Gasteiger partial charge in [-0.25, -0.2) is 9.97 Å². The molecule has 0 aliphatic carbocycles. The highest BCUT2D eigenvalue weighted by Crippen LogP contribution is 2.13. The van der Waals surface area contributed by atoms with Gasteiger partial charge in [-0.3, -0.25) is 4.90 Å². The van der Waals surface area contributed by atoms with E-state index >= 15 is 0 Å². The summed E-state index contributed by atoms with van der Waals surface area (Å²) < 4.78 is 10.6.